The molecule has 0 saturated carbocycles. The van der Waals surface area contributed by atoms with Crippen LogP contribution in [0.5, 0.6) is 0 Å². The van der Waals surface area contributed by atoms with E-state index in [1.165, 1.54) is 31.6 Å². The molecule has 24 heavy (non-hydrogen) atoms. The SMILES string of the molecule is NC1CCN(C2CCN(c3ccc(-c4ccco4)cc3)CC2)CC1. The minimum atomic E-state index is 0.425. The topological polar surface area (TPSA) is 45.6 Å². The molecule has 3 heterocycles. The maximum Gasteiger partial charge on any atom is 0.133 e. The molecule has 2 aromatic rings. The fourth-order valence-corrected chi connectivity index (χ4v) is 4.05. The molecule has 0 radical (unpaired) electrons. The molecule has 0 spiro atoms. The lowest BCUT2D eigenvalue weighted by Gasteiger charge is -2.42. The van der Waals surface area contributed by atoms with Gasteiger partial charge in [-0.1, -0.05) is 0 Å². The third-order valence-electron chi connectivity index (χ3n) is 5.59. The first-order valence-electron chi connectivity index (χ1n) is 9.18. The molecule has 0 bridgehead atoms. The summed E-state index contributed by atoms with van der Waals surface area (Å²) in [6, 6.07) is 13.9. The zero-order valence-corrected chi connectivity index (χ0v) is 14.2. The van der Waals surface area contributed by atoms with Gasteiger partial charge in [-0.15, -0.1) is 0 Å². The minimum Gasteiger partial charge on any atom is -0.464 e. The number of hydrogen-bond acceptors (Lipinski definition) is 4. The number of hydrogen-bond donors (Lipinski definition) is 1. The number of furan rings is 1. The van der Waals surface area contributed by atoms with Crippen molar-refractivity contribution < 1.29 is 4.42 Å². The normalized spacial score (nSPS) is 21.3. The van der Waals surface area contributed by atoms with Gasteiger partial charge in [-0.3, -0.25) is 0 Å². The van der Waals surface area contributed by atoms with E-state index in [1.807, 2.05) is 12.1 Å². The van der Waals surface area contributed by atoms with Crippen LogP contribution in [0.3, 0.4) is 0 Å². The van der Waals surface area contributed by atoms with Crippen molar-refractivity contribution in [3.8, 4) is 11.3 Å². The Labute approximate surface area is 144 Å². The van der Waals surface area contributed by atoms with Gasteiger partial charge in [-0.25, -0.2) is 0 Å². The largest absolute Gasteiger partial charge is 0.464 e. The highest BCUT2D eigenvalue weighted by Gasteiger charge is 2.27. The number of benzene rings is 1. The zero-order valence-electron chi connectivity index (χ0n) is 14.2. The van der Waals surface area contributed by atoms with Gasteiger partial charge in [0.2, 0.25) is 0 Å². The Morgan fingerprint density at radius 1 is 0.875 bits per heavy atom. The molecular formula is C20H27N3O. The van der Waals surface area contributed by atoms with Crippen molar-refractivity contribution in [1.82, 2.24) is 4.90 Å². The van der Waals surface area contributed by atoms with Gasteiger partial charge in [-0.05, 0) is 75.2 Å². The van der Waals surface area contributed by atoms with E-state index in [9.17, 15) is 0 Å². The summed E-state index contributed by atoms with van der Waals surface area (Å²) < 4.78 is 5.47. The predicted molar refractivity (Wildman–Crippen MR) is 98.2 cm³/mol. The van der Waals surface area contributed by atoms with Crippen LogP contribution in [0, 0.1) is 0 Å². The van der Waals surface area contributed by atoms with E-state index in [2.05, 4.69) is 34.1 Å². The van der Waals surface area contributed by atoms with Gasteiger partial charge >= 0.3 is 0 Å². The Hall–Kier alpha value is -1.78. The van der Waals surface area contributed by atoms with E-state index < -0.39 is 0 Å². The predicted octanol–water partition coefficient (Wildman–Crippen LogP) is 3.34. The number of rotatable bonds is 3. The van der Waals surface area contributed by atoms with E-state index in [-0.39, 0.29) is 0 Å². The van der Waals surface area contributed by atoms with Crippen LogP contribution in [0.15, 0.2) is 47.1 Å². The molecule has 2 aliphatic rings. The average molecular weight is 325 g/mol. The number of piperidine rings is 2. The minimum absolute atomic E-state index is 0.425. The van der Waals surface area contributed by atoms with Crippen LogP contribution in [0.25, 0.3) is 11.3 Å². The summed E-state index contributed by atoms with van der Waals surface area (Å²) in [5, 5.41) is 0. The number of likely N-dealkylation sites (tertiary alicyclic amines) is 1. The highest BCUT2D eigenvalue weighted by Crippen LogP contribution is 2.27. The van der Waals surface area contributed by atoms with Gasteiger partial charge in [-0.2, -0.15) is 0 Å². The average Bonchev–Trinajstić information content (AvgIpc) is 3.17. The summed E-state index contributed by atoms with van der Waals surface area (Å²) in [5.41, 5.74) is 8.50. The molecule has 4 rings (SSSR count). The highest BCUT2D eigenvalue weighted by molar-refractivity contribution is 5.61. The van der Waals surface area contributed by atoms with Gasteiger partial charge in [0, 0.05) is 36.4 Å². The fourth-order valence-electron chi connectivity index (χ4n) is 4.05. The first kappa shape index (κ1) is 15.7. The lowest BCUT2D eigenvalue weighted by Crippen LogP contribution is -2.49. The Morgan fingerprint density at radius 3 is 2.21 bits per heavy atom. The van der Waals surface area contributed by atoms with Crippen LogP contribution in [-0.4, -0.2) is 43.2 Å². The van der Waals surface area contributed by atoms with Crippen molar-refractivity contribution in [3.63, 3.8) is 0 Å². The molecule has 4 nitrogen and oxygen atoms in total. The van der Waals surface area contributed by atoms with Crippen molar-refractivity contribution in [3.05, 3.63) is 42.7 Å². The van der Waals surface area contributed by atoms with Crippen LogP contribution in [-0.2, 0) is 0 Å². The monoisotopic (exact) mass is 325 g/mol. The first-order chi connectivity index (χ1) is 11.8. The maximum absolute atomic E-state index is 6.03. The van der Waals surface area contributed by atoms with Gasteiger partial charge in [0.1, 0.15) is 5.76 Å². The summed E-state index contributed by atoms with van der Waals surface area (Å²) in [6.45, 7) is 4.66. The second-order valence-electron chi connectivity index (χ2n) is 7.12. The van der Waals surface area contributed by atoms with Gasteiger partial charge in [0.25, 0.3) is 0 Å². The molecule has 0 aliphatic carbocycles. The van der Waals surface area contributed by atoms with Crippen LogP contribution in [0.4, 0.5) is 5.69 Å². The number of nitrogens with zero attached hydrogens (tertiary/aromatic N) is 2. The van der Waals surface area contributed by atoms with E-state index in [1.54, 1.807) is 6.26 Å². The molecule has 2 fully saturated rings. The molecule has 2 aliphatic heterocycles. The quantitative estimate of drug-likeness (QED) is 0.940. The van der Waals surface area contributed by atoms with Crippen LogP contribution < -0.4 is 10.6 Å². The molecule has 1 aromatic carbocycles. The Kier molecular flexibility index (Phi) is 4.58. The summed E-state index contributed by atoms with van der Waals surface area (Å²) in [5.74, 6) is 0.934. The number of anilines is 1. The molecule has 2 saturated heterocycles. The van der Waals surface area contributed by atoms with Crippen molar-refractivity contribution in [2.75, 3.05) is 31.1 Å². The van der Waals surface area contributed by atoms with E-state index >= 15 is 0 Å². The van der Waals surface area contributed by atoms with Gasteiger partial charge < -0.3 is 20.0 Å². The molecule has 1 aromatic heterocycles. The third-order valence-corrected chi connectivity index (χ3v) is 5.59. The zero-order chi connectivity index (χ0) is 16.4. The van der Waals surface area contributed by atoms with Crippen molar-refractivity contribution >= 4 is 5.69 Å². The van der Waals surface area contributed by atoms with Gasteiger partial charge in [0.05, 0.1) is 6.26 Å². The second kappa shape index (κ2) is 6.99. The molecule has 0 atom stereocenters. The fraction of sp³-hybridized carbons (Fsp3) is 0.500. The van der Waals surface area contributed by atoms with Gasteiger partial charge in [0.15, 0.2) is 0 Å². The number of nitrogens with two attached hydrogens (primary N) is 1. The molecule has 0 amide bonds. The molecular weight excluding hydrogens is 298 g/mol. The first-order valence-corrected chi connectivity index (χ1v) is 9.18. The second-order valence-corrected chi connectivity index (χ2v) is 7.12. The highest BCUT2D eigenvalue weighted by atomic mass is 16.3. The molecule has 128 valence electrons. The summed E-state index contributed by atoms with van der Waals surface area (Å²) in [4.78, 5) is 5.18. The van der Waals surface area contributed by atoms with E-state index in [0.29, 0.717) is 6.04 Å². The molecule has 4 heteroatoms. The summed E-state index contributed by atoms with van der Waals surface area (Å²) in [7, 11) is 0. The summed E-state index contributed by atoms with van der Waals surface area (Å²) in [6.07, 6.45) is 6.56. The molecule has 2 N–H and O–H groups in total. The Balaban J connectivity index is 1.34. The third kappa shape index (κ3) is 3.35. The lowest BCUT2D eigenvalue weighted by atomic mass is 9.98. The van der Waals surface area contributed by atoms with Crippen molar-refractivity contribution in [2.45, 2.75) is 37.8 Å². The Morgan fingerprint density at radius 2 is 1.58 bits per heavy atom. The molecule has 0 unspecified atom stereocenters. The van der Waals surface area contributed by atoms with Crippen LogP contribution in [0.1, 0.15) is 25.7 Å². The van der Waals surface area contributed by atoms with Crippen LogP contribution in [0.2, 0.25) is 0 Å². The summed E-state index contributed by atoms with van der Waals surface area (Å²) >= 11 is 0. The van der Waals surface area contributed by atoms with Crippen LogP contribution >= 0.6 is 0 Å². The van der Waals surface area contributed by atoms with E-state index in [0.717, 1.165) is 43.3 Å². The lowest BCUT2D eigenvalue weighted by molar-refractivity contribution is 0.132. The van der Waals surface area contributed by atoms with Crippen molar-refractivity contribution in [2.24, 2.45) is 5.73 Å². The standard InChI is InChI=1S/C20H27N3O/c21-17-7-11-22(12-8-17)19-9-13-23(14-10-19)18-5-3-16(4-6-18)20-2-1-15-24-20/h1-6,15,17,19H,7-14,21H2. The van der Waals surface area contributed by atoms with Crippen molar-refractivity contribution in [1.29, 1.82) is 0 Å². The maximum atomic E-state index is 6.03. The van der Waals surface area contributed by atoms with E-state index in [4.69, 9.17) is 10.2 Å². The smallest absolute Gasteiger partial charge is 0.133 e. The Bertz CT molecular complexity index is 621.